The number of rotatable bonds is 9. The van der Waals surface area contributed by atoms with E-state index < -0.39 is 0 Å². The largest absolute Gasteiger partial charge is 0.329 e. The van der Waals surface area contributed by atoms with Gasteiger partial charge in [-0.2, -0.15) is 0 Å². The van der Waals surface area contributed by atoms with Crippen LogP contribution in [0.5, 0.6) is 0 Å². The molecular weight excluding hydrogens is 234 g/mol. The molecule has 1 rings (SSSR count). The molecular formula is C17H29NO. The van der Waals surface area contributed by atoms with E-state index in [4.69, 9.17) is 0 Å². The minimum atomic E-state index is -0.0121. The van der Waals surface area contributed by atoms with Gasteiger partial charge in [0.05, 0.1) is 0 Å². The van der Waals surface area contributed by atoms with Gasteiger partial charge in [-0.25, -0.2) is 0 Å². The lowest BCUT2D eigenvalue weighted by Gasteiger charge is -2.11. The summed E-state index contributed by atoms with van der Waals surface area (Å²) in [4.78, 5) is 13.7. The van der Waals surface area contributed by atoms with Crippen LogP contribution >= 0.6 is 0 Å². The Balaban J connectivity index is 2.09. The molecule has 0 aromatic carbocycles. The summed E-state index contributed by atoms with van der Waals surface area (Å²) >= 11 is 0. The maximum absolute atomic E-state index is 11.0. The van der Waals surface area contributed by atoms with Crippen LogP contribution < -0.4 is 5.56 Å². The molecule has 0 aliphatic carbocycles. The molecule has 0 saturated heterocycles. The Labute approximate surface area is 117 Å². The highest BCUT2D eigenvalue weighted by Gasteiger charge is 2.03. The van der Waals surface area contributed by atoms with E-state index in [1.807, 2.05) is 12.3 Å². The average molecular weight is 263 g/mol. The Morgan fingerprint density at radius 3 is 2.37 bits per heavy atom. The van der Waals surface area contributed by atoms with Crippen LogP contribution in [0.3, 0.4) is 0 Å². The molecule has 1 unspecified atom stereocenters. The quantitative estimate of drug-likeness (QED) is 0.651. The second kappa shape index (κ2) is 8.95. The van der Waals surface area contributed by atoms with Crippen LogP contribution in [-0.2, 0) is 6.42 Å². The number of unbranched alkanes of at least 4 members (excludes halogenated alkanes) is 2. The first-order valence-corrected chi connectivity index (χ1v) is 7.75. The topological polar surface area (TPSA) is 32.9 Å². The molecule has 0 fully saturated rings. The summed E-state index contributed by atoms with van der Waals surface area (Å²) in [6.45, 7) is 6.94. The van der Waals surface area contributed by atoms with E-state index in [1.54, 1.807) is 6.07 Å². The summed E-state index contributed by atoms with van der Waals surface area (Å²) in [7, 11) is 0. The van der Waals surface area contributed by atoms with Crippen molar-refractivity contribution in [1.82, 2.24) is 4.98 Å². The van der Waals surface area contributed by atoms with Crippen LogP contribution in [-0.4, -0.2) is 4.98 Å². The molecule has 2 heteroatoms. The molecule has 0 aliphatic rings. The van der Waals surface area contributed by atoms with Crippen molar-refractivity contribution in [2.45, 2.75) is 65.7 Å². The molecule has 0 radical (unpaired) electrons. The van der Waals surface area contributed by atoms with Gasteiger partial charge in [-0.1, -0.05) is 58.9 Å². The predicted molar refractivity (Wildman–Crippen MR) is 82.5 cm³/mol. The molecule has 1 aromatic rings. The number of hydrogen-bond donors (Lipinski definition) is 1. The molecule has 0 amide bonds. The van der Waals surface area contributed by atoms with Crippen LogP contribution in [0.1, 0.15) is 64.9 Å². The van der Waals surface area contributed by atoms with E-state index in [0.29, 0.717) is 0 Å². The third kappa shape index (κ3) is 7.86. The van der Waals surface area contributed by atoms with E-state index in [1.165, 1.54) is 44.1 Å². The smallest absolute Gasteiger partial charge is 0.247 e. The SMILES string of the molecule is CC(C)CCCCCC(C)CCc1ccc(=O)[nH]c1. The van der Waals surface area contributed by atoms with Crippen molar-refractivity contribution in [2.75, 3.05) is 0 Å². The predicted octanol–water partition coefficient (Wildman–Crippen LogP) is 4.55. The summed E-state index contributed by atoms with van der Waals surface area (Å²) in [5.74, 6) is 1.63. The van der Waals surface area contributed by atoms with Gasteiger partial charge in [-0.15, -0.1) is 0 Å². The first-order chi connectivity index (χ1) is 9.08. The first kappa shape index (κ1) is 16.0. The highest BCUT2D eigenvalue weighted by molar-refractivity contribution is 5.08. The molecule has 1 aromatic heterocycles. The van der Waals surface area contributed by atoms with E-state index in [2.05, 4.69) is 25.8 Å². The molecule has 1 N–H and O–H groups in total. The third-order valence-corrected chi connectivity index (χ3v) is 3.75. The van der Waals surface area contributed by atoms with Crippen molar-refractivity contribution >= 4 is 0 Å². The lowest BCUT2D eigenvalue weighted by Crippen LogP contribution is -2.04. The monoisotopic (exact) mass is 263 g/mol. The lowest BCUT2D eigenvalue weighted by molar-refractivity contribution is 0.446. The fourth-order valence-electron chi connectivity index (χ4n) is 2.38. The summed E-state index contributed by atoms with van der Waals surface area (Å²) in [5, 5.41) is 0. The number of pyridine rings is 1. The van der Waals surface area contributed by atoms with E-state index in [0.717, 1.165) is 18.3 Å². The Hall–Kier alpha value is -1.05. The van der Waals surface area contributed by atoms with Crippen LogP contribution in [0.15, 0.2) is 23.1 Å². The third-order valence-electron chi connectivity index (χ3n) is 3.75. The van der Waals surface area contributed by atoms with Crippen molar-refractivity contribution in [3.63, 3.8) is 0 Å². The van der Waals surface area contributed by atoms with Gasteiger partial charge in [-0.3, -0.25) is 4.79 Å². The summed E-state index contributed by atoms with van der Waals surface area (Å²) in [6, 6.07) is 3.56. The Kier molecular flexibility index (Phi) is 7.54. The first-order valence-electron chi connectivity index (χ1n) is 7.75. The highest BCUT2D eigenvalue weighted by Crippen LogP contribution is 2.17. The number of aromatic amines is 1. The molecule has 2 nitrogen and oxygen atoms in total. The van der Waals surface area contributed by atoms with Gasteiger partial charge in [0.1, 0.15) is 0 Å². The maximum Gasteiger partial charge on any atom is 0.247 e. The maximum atomic E-state index is 11.0. The van der Waals surface area contributed by atoms with Gasteiger partial charge >= 0.3 is 0 Å². The molecule has 0 spiro atoms. The molecule has 1 heterocycles. The normalized spacial score (nSPS) is 12.8. The van der Waals surface area contributed by atoms with Crippen molar-refractivity contribution in [1.29, 1.82) is 0 Å². The van der Waals surface area contributed by atoms with Crippen molar-refractivity contribution in [3.05, 3.63) is 34.2 Å². The van der Waals surface area contributed by atoms with E-state index >= 15 is 0 Å². The number of nitrogens with one attached hydrogen (secondary N) is 1. The van der Waals surface area contributed by atoms with Crippen LogP contribution in [0.4, 0.5) is 0 Å². The average Bonchev–Trinajstić information content (AvgIpc) is 2.37. The van der Waals surface area contributed by atoms with E-state index in [9.17, 15) is 4.79 Å². The van der Waals surface area contributed by atoms with Crippen LogP contribution in [0, 0.1) is 11.8 Å². The zero-order valence-corrected chi connectivity index (χ0v) is 12.7. The Morgan fingerprint density at radius 1 is 1.00 bits per heavy atom. The van der Waals surface area contributed by atoms with E-state index in [-0.39, 0.29) is 5.56 Å². The highest BCUT2D eigenvalue weighted by atomic mass is 16.1. The number of aryl methyl sites for hydroxylation is 1. The van der Waals surface area contributed by atoms with Crippen molar-refractivity contribution in [3.8, 4) is 0 Å². The number of aromatic nitrogens is 1. The molecule has 19 heavy (non-hydrogen) atoms. The molecule has 0 bridgehead atoms. The standard InChI is InChI=1S/C17H29NO/c1-14(2)7-5-4-6-8-15(3)9-10-16-11-12-17(19)18-13-16/h11-15H,4-10H2,1-3H3,(H,18,19). The zero-order valence-electron chi connectivity index (χ0n) is 12.7. The van der Waals surface area contributed by atoms with Gasteiger partial charge < -0.3 is 4.98 Å². The summed E-state index contributed by atoms with van der Waals surface area (Å²) in [6.07, 6.45) is 11.0. The van der Waals surface area contributed by atoms with Crippen LogP contribution in [0.2, 0.25) is 0 Å². The van der Waals surface area contributed by atoms with Gasteiger partial charge in [0.2, 0.25) is 5.56 Å². The number of hydrogen-bond acceptors (Lipinski definition) is 1. The zero-order chi connectivity index (χ0) is 14.1. The lowest BCUT2D eigenvalue weighted by atomic mass is 9.95. The molecule has 108 valence electrons. The number of H-pyrrole nitrogens is 1. The molecule has 0 saturated carbocycles. The summed E-state index contributed by atoms with van der Waals surface area (Å²) in [5.41, 5.74) is 1.23. The molecule has 0 aliphatic heterocycles. The van der Waals surface area contributed by atoms with Gasteiger partial charge in [0.25, 0.3) is 0 Å². The van der Waals surface area contributed by atoms with Crippen LogP contribution in [0.25, 0.3) is 0 Å². The van der Waals surface area contributed by atoms with Crippen molar-refractivity contribution < 1.29 is 0 Å². The van der Waals surface area contributed by atoms with Gasteiger partial charge in [0.15, 0.2) is 0 Å². The fourth-order valence-corrected chi connectivity index (χ4v) is 2.38. The summed E-state index contributed by atoms with van der Waals surface area (Å²) < 4.78 is 0. The van der Waals surface area contributed by atoms with Gasteiger partial charge in [0, 0.05) is 12.3 Å². The fraction of sp³-hybridized carbons (Fsp3) is 0.706. The Bertz CT molecular complexity index is 374. The minimum Gasteiger partial charge on any atom is -0.329 e. The second-order valence-electron chi connectivity index (χ2n) is 6.24. The molecule has 1 atom stereocenters. The van der Waals surface area contributed by atoms with Gasteiger partial charge in [-0.05, 0) is 30.2 Å². The minimum absolute atomic E-state index is 0.0121. The van der Waals surface area contributed by atoms with Crippen molar-refractivity contribution in [2.24, 2.45) is 11.8 Å². The Morgan fingerprint density at radius 2 is 1.74 bits per heavy atom. The second-order valence-corrected chi connectivity index (χ2v) is 6.24.